The van der Waals surface area contributed by atoms with Crippen LogP contribution in [0.4, 0.5) is 0 Å². The van der Waals surface area contributed by atoms with Gasteiger partial charge in [0.05, 0.1) is 6.61 Å². The molecule has 1 N–H and O–H groups in total. The number of piperidine rings is 1. The van der Waals surface area contributed by atoms with Crippen molar-refractivity contribution in [3.05, 3.63) is 47.6 Å². The zero-order valence-electron chi connectivity index (χ0n) is 16.3. The maximum Gasteiger partial charge on any atom is 0.244 e. The van der Waals surface area contributed by atoms with E-state index < -0.39 is 0 Å². The largest absolute Gasteiger partial charge is 0.494 e. The first kappa shape index (κ1) is 20.2. The molecule has 0 atom stereocenters. The monoisotopic (exact) mass is 356 g/mol. The number of hydrogen-bond acceptors (Lipinski definition) is 3. The highest BCUT2D eigenvalue weighted by Crippen LogP contribution is 2.14. The van der Waals surface area contributed by atoms with Crippen molar-refractivity contribution in [3.63, 3.8) is 0 Å². The Morgan fingerprint density at radius 1 is 1.23 bits per heavy atom. The lowest BCUT2D eigenvalue weighted by Gasteiger charge is -2.31. The SMILES string of the molecule is CCCOc1ccc(/C=C/C(=O)NC2CCN(CC=C(C)C)CC2)cc1. The summed E-state index contributed by atoms with van der Waals surface area (Å²) >= 11 is 0. The van der Waals surface area contributed by atoms with Crippen LogP contribution in [0.15, 0.2) is 42.0 Å². The lowest BCUT2D eigenvalue weighted by Crippen LogP contribution is -2.44. The minimum Gasteiger partial charge on any atom is -0.494 e. The van der Waals surface area contributed by atoms with Crippen LogP contribution < -0.4 is 10.1 Å². The van der Waals surface area contributed by atoms with Crippen LogP contribution in [0, 0.1) is 0 Å². The van der Waals surface area contributed by atoms with Gasteiger partial charge in [-0.25, -0.2) is 0 Å². The minimum absolute atomic E-state index is 0.0148. The summed E-state index contributed by atoms with van der Waals surface area (Å²) in [7, 11) is 0. The Kier molecular flexibility index (Phi) is 8.42. The summed E-state index contributed by atoms with van der Waals surface area (Å²) in [5.41, 5.74) is 2.36. The predicted molar refractivity (Wildman–Crippen MR) is 108 cm³/mol. The van der Waals surface area contributed by atoms with Gasteiger partial charge in [0.15, 0.2) is 0 Å². The minimum atomic E-state index is -0.0148. The number of carbonyl (C=O) groups is 1. The van der Waals surface area contributed by atoms with Crippen LogP contribution in [0.2, 0.25) is 0 Å². The molecule has 1 saturated heterocycles. The second kappa shape index (κ2) is 10.8. The summed E-state index contributed by atoms with van der Waals surface area (Å²) in [5, 5.41) is 3.12. The van der Waals surface area contributed by atoms with E-state index in [1.807, 2.05) is 30.3 Å². The van der Waals surface area contributed by atoms with Crippen LogP contribution in [0.5, 0.6) is 5.75 Å². The molecular formula is C22H32N2O2. The molecule has 0 unspecified atom stereocenters. The Hall–Kier alpha value is -2.07. The molecular weight excluding hydrogens is 324 g/mol. The molecule has 1 heterocycles. The predicted octanol–water partition coefficient (Wildman–Crippen LogP) is 4.04. The van der Waals surface area contributed by atoms with Crippen molar-refractivity contribution in [1.29, 1.82) is 0 Å². The van der Waals surface area contributed by atoms with Gasteiger partial charge in [0.2, 0.25) is 5.91 Å². The second-order valence-corrected chi connectivity index (χ2v) is 7.12. The van der Waals surface area contributed by atoms with Crippen LogP contribution in [-0.2, 0) is 4.79 Å². The fourth-order valence-electron chi connectivity index (χ4n) is 2.89. The second-order valence-electron chi connectivity index (χ2n) is 7.12. The van der Waals surface area contributed by atoms with Crippen molar-refractivity contribution in [2.24, 2.45) is 0 Å². The van der Waals surface area contributed by atoms with E-state index in [4.69, 9.17) is 4.74 Å². The molecule has 0 radical (unpaired) electrons. The Balaban J connectivity index is 1.73. The standard InChI is InChI=1S/C22H32N2O2/c1-4-17-26-21-8-5-19(6-9-21)7-10-22(25)23-20-12-15-24(16-13-20)14-11-18(2)3/h5-11,20H,4,12-17H2,1-3H3,(H,23,25)/b10-7+. The summed E-state index contributed by atoms with van der Waals surface area (Å²) in [6.07, 6.45) is 8.76. The van der Waals surface area contributed by atoms with Gasteiger partial charge >= 0.3 is 0 Å². The molecule has 0 bridgehead atoms. The number of hydrogen-bond donors (Lipinski definition) is 1. The maximum atomic E-state index is 12.1. The number of benzene rings is 1. The number of likely N-dealkylation sites (tertiary alicyclic amines) is 1. The van der Waals surface area contributed by atoms with Gasteiger partial charge in [-0.3, -0.25) is 9.69 Å². The van der Waals surface area contributed by atoms with Crippen molar-refractivity contribution in [2.45, 2.75) is 46.1 Å². The number of amides is 1. The molecule has 26 heavy (non-hydrogen) atoms. The third kappa shape index (κ3) is 7.44. The number of ether oxygens (including phenoxy) is 1. The van der Waals surface area contributed by atoms with Gasteiger partial charge in [-0.1, -0.05) is 30.7 Å². The number of rotatable bonds is 8. The van der Waals surface area contributed by atoms with Gasteiger partial charge in [0.25, 0.3) is 0 Å². The zero-order chi connectivity index (χ0) is 18.8. The van der Waals surface area contributed by atoms with Crippen LogP contribution in [0.3, 0.4) is 0 Å². The van der Waals surface area contributed by atoms with E-state index in [1.54, 1.807) is 6.08 Å². The fourth-order valence-corrected chi connectivity index (χ4v) is 2.89. The summed E-state index contributed by atoms with van der Waals surface area (Å²) in [5.74, 6) is 0.854. The molecule has 1 amide bonds. The summed E-state index contributed by atoms with van der Waals surface area (Å²) in [4.78, 5) is 14.6. The molecule has 4 heteroatoms. The van der Waals surface area contributed by atoms with Crippen LogP contribution in [-0.4, -0.2) is 43.1 Å². The van der Waals surface area contributed by atoms with Gasteiger partial charge in [0, 0.05) is 31.8 Å². The van der Waals surface area contributed by atoms with Gasteiger partial charge in [-0.2, -0.15) is 0 Å². The molecule has 0 aromatic heterocycles. The smallest absolute Gasteiger partial charge is 0.244 e. The summed E-state index contributed by atoms with van der Waals surface area (Å²) < 4.78 is 5.56. The molecule has 0 spiro atoms. The van der Waals surface area contributed by atoms with Gasteiger partial charge < -0.3 is 10.1 Å². The van der Waals surface area contributed by atoms with E-state index in [2.05, 4.69) is 37.1 Å². The first-order chi connectivity index (χ1) is 12.6. The van der Waals surface area contributed by atoms with E-state index in [0.29, 0.717) is 0 Å². The van der Waals surface area contributed by atoms with E-state index in [1.165, 1.54) is 5.57 Å². The van der Waals surface area contributed by atoms with Gasteiger partial charge in [0.1, 0.15) is 5.75 Å². The molecule has 1 aromatic carbocycles. The highest BCUT2D eigenvalue weighted by atomic mass is 16.5. The summed E-state index contributed by atoms with van der Waals surface area (Å²) in [6.45, 7) is 10.2. The Bertz CT molecular complexity index is 608. The highest BCUT2D eigenvalue weighted by molar-refractivity contribution is 5.91. The third-order valence-corrected chi connectivity index (χ3v) is 4.47. The lowest BCUT2D eigenvalue weighted by molar-refractivity contribution is -0.117. The highest BCUT2D eigenvalue weighted by Gasteiger charge is 2.19. The molecule has 1 aliphatic rings. The van der Waals surface area contributed by atoms with Gasteiger partial charge in [-0.15, -0.1) is 0 Å². The van der Waals surface area contributed by atoms with Crippen molar-refractivity contribution in [2.75, 3.05) is 26.2 Å². The average molecular weight is 357 g/mol. The Morgan fingerprint density at radius 3 is 2.54 bits per heavy atom. The van der Waals surface area contributed by atoms with E-state index in [0.717, 1.165) is 56.8 Å². The maximum absolute atomic E-state index is 12.1. The first-order valence-electron chi connectivity index (χ1n) is 9.64. The fraction of sp³-hybridized carbons (Fsp3) is 0.500. The number of allylic oxidation sites excluding steroid dienone is 1. The van der Waals surface area contributed by atoms with Crippen LogP contribution in [0.1, 0.15) is 45.6 Å². The van der Waals surface area contributed by atoms with Crippen LogP contribution >= 0.6 is 0 Å². The number of nitrogens with one attached hydrogen (secondary N) is 1. The third-order valence-electron chi connectivity index (χ3n) is 4.47. The molecule has 0 saturated carbocycles. The molecule has 2 rings (SSSR count). The zero-order valence-corrected chi connectivity index (χ0v) is 16.3. The van der Waals surface area contributed by atoms with Crippen molar-refractivity contribution in [3.8, 4) is 5.75 Å². The van der Waals surface area contributed by atoms with E-state index >= 15 is 0 Å². The van der Waals surface area contributed by atoms with Gasteiger partial charge in [-0.05, 0) is 56.9 Å². The molecule has 1 aromatic rings. The van der Waals surface area contributed by atoms with Crippen molar-refractivity contribution < 1.29 is 9.53 Å². The molecule has 1 aliphatic heterocycles. The quantitative estimate of drug-likeness (QED) is 0.565. The van der Waals surface area contributed by atoms with E-state index in [9.17, 15) is 4.79 Å². The van der Waals surface area contributed by atoms with Crippen molar-refractivity contribution >= 4 is 12.0 Å². The van der Waals surface area contributed by atoms with Crippen LogP contribution in [0.25, 0.3) is 6.08 Å². The number of nitrogens with zero attached hydrogens (tertiary/aromatic N) is 1. The summed E-state index contributed by atoms with van der Waals surface area (Å²) in [6, 6.07) is 8.10. The number of carbonyl (C=O) groups excluding carboxylic acids is 1. The molecule has 1 fully saturated rings. The normalized spacial score (nSPS) is 15.8. The first-order valence-corrected chi connectivity index (χ1v) is 9.64. The lowest BCUT2D eigenvalue weighted by atomic mass is 10.0. The average Bonchev–Trinajstić information content (AvgIpc) is 2.65. The molecule has 4 nitrogen and oxygen atoms in total. The Labute approximate surface area is 157 Å². The Morgan fingerprint density at radius 2 is 1.92 bits per heavy atom. The topological polar surface area (TPSA) is 41.6 Å². The molecule has 142 valence electrons. The molecule has 0 aliphatic carbocycles. The van der Waals surface area contributed by atoms with E-state index in [-0.39, 0.29) is 11.9 Å². The van der Waals surface area contributed by atoms with Crippen molar-refractivity contribution in [1.82, 2.24) is 10.2 Å².